The van der Waals surface area contributed by atoms with Gasteiger partial charge < -0.3 is 19.7 Å². The van der Waals surface area contributed by atoms with Gasteiger partial charge in [0.15, 0.2) is 5.60 Å². The summed E-state index contributed by atoms with van der Waals surface area (Å²) in [6.45, 7) is 6.17. The summed E-state index contributed by atoms with van der Waals surface area (Å²) in [4.78, 5) is 32.9. The van der Waals surface area contributed by atoms with Gasteiger partial charge in [-0.25, -0.2) is 4.79 Å². The van der Waals surface area contributed by atoms with Crippen molar-refractivity contribution in [3.63, 3.8) is 0 Å². The van der Waals surface area contributed by atoms with E-state index in [1.54, 1.807) is 0 Å². The predicted molar refractivity (Wildman–Crippen MR) is 54.4 cm³/mol. The fourth-order valence-electron chi connectivity index (χ4n) is 1.02. The number of ether oxygens (including phenoxy) is 2. The monoisotopic (exact) mass is 244 g/mol. The molecule has 0 fully saturated rings. The maximum atomic E-state index is 11.3. The first-order valence-electron chi connectivity index (χ1n) is 4.42. The first kappa shape index (κ1) is 14.8. The van der Waals surface area contributed by atoms with Crippen LogP contribution in [0.25, 0.3) is 0 Å². The number of carboxylic acids is 1. The second-order valence-corrected chi connectivity index (χ2v) is 3.01. The van der Waals surface area contributed by atoms with Crippen molar-refractivity contribution in [3.05, 3.63) is 25.7 Å². The van der Waals surface area contributed by atoms with Crippen molar-refractivity contribution in [2.75, 3.05) is 0 Å². The average Bonchev–Trinajstić information content (AvgIpc) is 2.16. The third-order valence-corrected chi connectivity index (χ3v) is 1.67. The quantitative estimate of drug-likeness (QED) is 0.477. The molecule has 0 aliphatic heterocycles. The molecule has 0 saturated carbocycles. The van der Waals surface area contributed by atoms with Crippen LogP contribution in [0.2, 0.25) is 0 Å². The van der Waals surface area contributed by atoms with Gasteiger partial charge >= 0.3 is 17.9 Å². The number of esters is 2. The number of aliphatic hydroxyl groups is 1. The zero-order chi connectivity index (χ0) is 13.5. The first-order chi connectivity index (χ1) is 7.85. The highest BCUT2D eigenvalue weighted by Crippen LogP contribution is 2.19. The molecule has 0 heterocycles. The smallest absolute Gasteiger partial charge is 0.344 e. The molecule has 7 heteroatoms. The Kier molecular flexibility index (Phi) is 5.62. The summed E-state index contributed by atoms with van der Waals surface area (Å²) in [5.41, 5.74) is -2.50. The van der Waals surface area contributed by atoms with Crippen LogP contribution < -0.4 is 0 Å². The molecular weight excluding hydrogens is 232 g/mol. The minimum Gasteiger partial charge on any atom is -0.481 e. The van der Waals surface area contributed by atoms with Gasteiger partial charge in [-0.1, -0.05) is 13.2 Å². The van der Waals surface area contributed by atoms with Crippen molar-refractivity contribution in [2.24, 2.45) is 0 Å². The summed E-state index contributed by atoms with van der Waals surface area (Å²) < 4.78 is 8.55. The van der Waals surface area contributed by atoms with Gasteiger partial charge in [0.1, 0.15) is 0 Å². The molecule has 0 aromatic rings. The van der Waals surface area contributed by atoms with E-state index < -0.39 is 36.4 Å². The number of hydrogen-bond donors (Lipinski definition) is 2. The van der Waals surface area contributed by atoms with E-state index >= 15 is 0 Å². The van der Waals surface area contributed by atoms with Gasteiger partial charge in [-0.05, 0) is 0 Å². The highest BCUT2D eigenvalue weighted by atomic mass is 16.6. The van der Waals surface area contributed by atoms with Crippen LogP contribution in [0.4, 0.5) is 0 Å². The molecule has 1 unspecified atom stereocenters. The maximum absolute atomic E-state index is 11.3. The Balaban J connectivity index is 4.88. The van der Waals surface area contributed by atoms with Crippen LogP contribution in [-0.2, 0) is 23.9 Å². The Bertz CT molecular complexity index is 347. The highest BCUT2D eigenvalue weighted by molar-refractivity contribution is 5.90. The molecule has 94 valence electrons. The summed E-state index contributed by atoms with van der Waals surface area (Å²) in [6.07, 6.45) is -0.347. The van der Waals surface area contributed by atoms with E-state index in [1.807, 2.05) is 0 Å². The van der Waals surface area contributed by atoms with Crippen molar-refractivity contribution < 1.29 is 34.1 Å². The van der Waals surface area contributed by atoms with Gasteiger partial charge in [0.05, 0.1) is 25.4 Å². The lowest BCUT2D eigenvalue weighted by Crippen LogP contribution is -2.43. The standard InChI is InChI=1S/C10H12O7/c1-3-16-8(13)6-10(15,5-7(11)12)9(14)17-4-2/h3-4,15H,1-2,5-6H2,(H,11,12). The molecule has 0 amide bonds. The number of carbonyl (C=O) groups is 3. The van der Waals surface area contributed by atoms with Crippen molar-refractivity contribution in [3.8, 4) is 0 Å². The van der Waals surface area contributed by atoms with Crippen LogP contribution in [-0.4, -0.2) is 33.7 Å². The summed E-state index contributed by atoms with van der Waals surface area (Å²) >= 11 is 0. The zero-order valence-electron chi connectivity index (χ0n) is 8.92. The van der Waals surface area contributed by atoms with Gasteiger partial charge in [-0.2, -0.15) is 0 Å². The lowest BCUT2D eigenvalue weighted by molar-refractivity contribution is -0.171. The second kappa shape index (κ2) is 6.44. The third-order valence-electron chi connectivity index (χ3n) is 1.67. The molecule has 0 aliphatic carbocycles. The van der Waals surface area contributed by atoms with Crippen LogP contribution in [0.15, 0.2) is 25.7 Å². The molecule has 0 saturated heterocycles. The van der Waals surface area contributed by atoms with Gasteiger partial charge in [-0.15, -0.1) is 0 Å². The minimum absolute atomic E-state index is 0.716. The van der Waals surface area contributed by atoms with Crippen molar-refractivity contribution in [2.45, 2.75) is 18.4 Å². The summed E-state index contributed by atoms with van der Waals surface area (Å²) in [6, 6.07) is 0. The molecule has 0 aliphatic rings. The topological polar surface area (TPSA) is 110 Å². The lowest BCUT2D eigenvalue weighted by atomic mass is 9.96. The van der Waals surface area contributed by atoms with Crippen LogP contribution in [0.5, 0.6) is 0 Å². The molecule has 17 heavy (non-hydrogen) atoms. The van der Waals surface area contributed by atoms with Crippen LogP contribution >= 0.6 is 0 Å². The second-order valence-electron chi connectivity index (χ2n) is 3.01. The van der Waals surface area contributed by atoms with Gasteiger partial charge in [-0.3, -0.25) is 9.59 Å². The Morgan fingerprint density at radius 3 is 2.06 bits per heavy atom. The molecule has 0 aromatic heterocycles. The maximum Gasteiger partial charge on any atom is 0.344 e. The van der Waals surface area contributed by atoms with Gasteiger partial charge in [0, 0.05) is 0 Å². The fourth-order valence-corrected chi connectivity index (χ4v) is 1.02. The number of carbonyl (C=O) groups excluding carboxylic acids is 2. The molecule has 0 spiro atoms. The third kappa shape index (κ3) is 4.94. The molecule has 0 rings (SSSR count). The van der Waals surface area contributed by atoms with Crippen LogP contribution in [0.3, 0.4) is 0 Å². The lowest BCUT2D eigenvalue weighted by Gasteiger charge is -2.21. The Morgan fingerprint density at radius 1 is 1.12 bits per heavy atom. The van der Waals surface area contributed by atoms with Crippen molar-refractivity contribution in [1.82, 2.24) is 0 Å². The van der Waals surface area contributed by atoms with Gasteiger partial charge in [0.25, 0.3) is 0 Å². The van der Waals surface area contributed by atoms with Crippen LogP contribution in [0, 0.1) is 0 Å². The molecule has 0 bridgehead atoms. The van der Waals surface area contributed by atoms with Crippen molar-refractivity contribution >= 4 is 17.9 Å². The normalized spacial score (nSPS) is 13.0. The van der Waals surface area contributed by atoms with E-state index in [0.29, 0.717) is 6.26 Å². The number of hydrogen-bond acceptors (Lipinski definition) is 6. The molecule has 1 atom stereocenters. The van der Waals surface area contributed by atoms with Gasteiger partial charge in [0.2, 0.25) is 0 Å². The molecular formula is C10H12O7. The Morgan fingerprint density at radius 2 is 1.65 bits per heavy atom. The van der Waals surface area contributed by atoms with E-state index in [0.717, 1.165) is 6.26 Å². The van der Waals surface area contributed by atoms with E-state index in [2.05, 4.69) is 22.6 Å². The van der Waals surface area contributed by atoms with Crippen LogP contribution in [0.1, 0.15) is 12.8 Å². The van der Waals surface area contributed by atoms with E-state index in [9.17, 15) is 19.5 Å². The number of aliphatic carboxylic acids is 1. The zero-order valence-corrected chi connectivity index (χ0v) is 8.92. The SMILES string of the molecule is C=COC(=O)CC(O)(CC(=O)O)C(=O)OC=C. The molecule has 7 nitrogen and oxygen atoms in total. The summed E-state index contributed by atoms with van der Waals surface area (Å²) in [5, 5.41) is 18.3. The molecule has 2 N–H and O–H groups in total. The van der Waals surface area contributed by atoms with E-state index in [-0.39, 0.29) is 0 Å². The Labute approximate surface area is 96.9 Å². The number of rotatable bonds is 7. The first-order valence-corrected chi connectivity index (χ1v) is 4.42. The fraction of sp³-hybridized carbons (Fsp3) is 0.300. The Hall–Kier alpha value is -2.15. The largest absolute Gasteiger partial charge is 0.481 e. The molecule has 0 aromatic carbocycles. The van der Waals surface area contributed by atoms with E-state index in [4.69, 9.17) is 5.11 Å². The van der Waals surface area contributed by atoms with Crippen molar-refractivity contribution in [1.29, 1.82) is 0 Å². The minimum atomic E-state index is -2.50. The predicted octanol–water partition coefficient (Wildman–Crippen LogP) is -0.0443. The average molecular weight is 244 g/mol. The van der Waals surface area contributed by atoms with E-state index in [1.165, 1.54) is 0 Å². The summed E-state index contributed by atoms with van der Waals surface area (Å²) in [7, 11) is 0. The highest BCUT2D eigenvalue weighted by Gasteiger charge is 2.42. The summed E-state index contributed by atoms with van der Waals surface area (Å²) in [5.74, 6) is -3.78. The number of carboxylic acid groups (broad SMARTS) is 1. The molecule has 0 radical (unpaired) electrons.